The zero-order valence-corrected chi connectivity index (χ0v) is 14.8. The first-order chi connectivity index (χ1) is 12.8. The van der Waals surface area contributed by atoms with E-state index in [1.165, 1.54) is 17.0 Å². The molecule has 2 heterocycles. The maximum absolute atomic E-state index is 12.9. The summed E-state index contributed by atoms with van der Waals surface area (Å²) in [5.41, 5.74) is -0.648. The van der Waals surface area contributed by atoms with Crippen molar-refractivity contribution in [2.45, 2.75) is 12.6 Å². The fourth-order valence-corrected chi connectivity index (χ4v) is 3.29. The maximum atomic E-state index is 12.9. The molecule has 1 N–H and O–H groups in total. The van der Waals surface area contributed by atoms with Crippen molar-refractivity contribution in [1.82, 2.24) is 10.2 Å². The molecule has 2 aliphatic heterocycles. The molecular weight excluding hydrogens is 363 g/mol. The van der Waals surface area contributed by atoms with E-state index in [4.69, 9.17) is 4.74 Å². The smallest absolute Gasteiger partial charge is 0.379 e. The van der Waals surface area contributed by atoms with Crippen LogP contribution in [0, 0.1) is 5.92 Å². The summed E-state index contributed by atoms with van der Waals surface area (Å²) in [6, 6.07) is 4.61. The first-order valence-corrected chi connectivity index (χ1v) is 8.90. The van der Waals surface area contributed by atoms with Crippen LogP contribution in [0.4, 0.5) is 18.9 Å². The second-order valence-corrected chi connectivity index (χ2v) is 6.70. The lowest BCUT2D eigenvalue weighted by atomic mass is 10.1. The first kappa shape index (κ1) is 19.6. The van der Waals surface area contributed by atoms with Gasteiger partial charge in [-0.1, -0.05) is 6.07 Å². The van der Waals surface area contributed by atoms with E-state index >= 15 is 0 Å². The van der Waals surface area contributed by atoms with E-state index in [9.17, 15) is 22.8 Å². The second-order valence-electron chi connectivity index (χ2n) is 6.70. The van der Waals surface area contributed by atoms with Crippen LogP contribution in [0.5, 0.6) is 0 Å². The lowest BCUT2D eigenvalue weighted by Gasteiger charge is -2.26. The number of anilines is 1. The van der Waals surface area contributed by atoms with Crippen molar-refractivity contribution < 1.29 is 27.5 Å². The van der Waals surface area contributed by atoms with E-state index in [0.717, 1.165) is 25.2 Å². The molecule has 0 saturated carbocycles. The molecule has 2 saturated heterocycles. The zero-order valence-electron chi connectivity index (χ0n) is 14.8. The Labute approximate surface area is 155 Å². The Hall–Kier alpha value is -2.13. The molecule has 2 amide bonds. The normalized spacial score (nSPS) is 21.5. The fourth-order valence-electron chi connectivity index (χ4n) is 3.29. The predicted octanol–water partition coefficient (Wildman–Crippen LogP) is 1.51. The van der Waals surface area contributed by atoms with Gasteiger partial charge in [-0.2, -0.15) is 13.2 Å². The van der Waals surface area contributed by atoms with Crippen LogP contribution in [-0.2, 0) is 20.5 Å². The van der Waals surface area contributed by atoms with Gasteiger partial charge in [0, 0.05) is 44.8 Å². The number of carbonyl (C=O) groups excluding carboxylic acids is 2. The van der Waals surface area contributed by atoms with Crippen molar-refractivity contribution >= 4 is 17.5 Å². The molecular formula is C18H22F3N3O3. The Morgan fingerprint density at radius 2 is 2.00 bits per heavy atom. The molecule has 0 aromatic heterocycles. The number of hydrogen-bond donors (Lipinski definition) is 1. The molecule has 2 fully saturated rings. The molecule has 148 valence electrons. The van der Waals surface area contributed by atoms with Gasteiger partial charge in [-0.25, -0.2) is 0 Å². The summed E-state index contributed by atoms with van der Waals surface area (Å²) in [4.78, 5) is 28.0. The highest BCUT2D eigenvalue weighted by Crippen LogP contribution is 2.33. The van der Waals surface area contributed by atoms with Gasteiger partial charge in [0.1, 0.15) is 0 Å². The van der Waals surface area contributed by atoms with Crippen LogP contribution >= 0.6 is 0 Å². The number of carbonyl (C=O) groups is 2. The molecule has 9 heteroatoms. The van der Waals surface area contributed by atoms with Crippen LogP contribution in [0.1, 0.15) is 12.0 Å². The summed E-state index contributed by atoms with van der Waals surface area (Å²) >= 11 is 0. The number of hydrogen-bond acceptors (Lipinski definition) is 4. The van der Waals surface area contributed by atoms with Gasteiger partial charge in [0.05, 0.1) is 24.7 Å². The Kier molecular flexibility index (Phi) is 6.01. The summed E-state index contributed by atoms with van der Waals surface area (Å²) in [6.07, 6.45) is -4.48. The van der Waals surface area contributed by atoms with Crippen LogP contribution in [0.15, 0.2) is 24.3 Å². The molecule has 0 radical (unpaired) electrons. The first-order valence-electron chi connectivity index (χ1n) is 8.90. The van der Waals surface area contributed by atoms with Gasteiger partial charge >= 0.3 is 6.18 Å². The average molecular weight is 385 g/mol. The monoisotopic (exact) mass is 385 g/mol. The number of morpholine rings is 1. The molecule has 0 spiro atoms. The summed E-state index contributed by atoms with van der Waals surface area (Å²) in [7, 11) is 0. The van der Waals surface area contributed by atoms with Crippen LogP contribution < -0.4 is 10.2 Å². The quantitative estimate of drug-likeness (QED) is 0.835. The van der Waals surface area contributed by atoms with E-state index in [2.05, 4.69) is 10.2 Å². The number of rotatable bonds is 5. The van der Waals surface area contributed by atoms with Crippen LogP contribution in [-0.4, -0.2) is 62.7 Å². The molecule has 27 heavy (non-hydrogen) atoms. The number of nitrogens with one attached hydrogen (secondary N) is 1. The highest BCUT2D eigenvalue weighted by atomic mass is 19.4. The van der Waals surface area contributed by atoms with Crippen molar-refractivity contribution in [2.24, 2.45) is 5.92 Å². The van der Waals surface area contributed by atoms with Crippen molar-refractivity contribution in [1.29, 1.82) is 0 Å². The van der Waals surface area contributed by atoms with Gasteiger partial charge in [0.25, 0.3) is 0 Å². The molecule has 0 bridgehead atoms. The van der Waals surface area contributed by atoms with E-state index < -0.39 is 17.7 Å². The molecule has 0 aliphatic carbocycles. The zero-order chi connectivity index (χ0) is 19.4. The lowest BCUT2D eigenvalue weighted by Crippen LogP contribution is -2.42. The largest absolute Gasteiger partial charge is 0.416 e. The lowest BCUT2D eigenvalue weighted by molar-refractivity contribution is -0.137. The molecule has 1 aromatic carbocycles. The van der Waals surface area contributed by atoms with Crippen molar-refractivity contribution in [3.05, 3.63) is 29.8 Å². The fraction of sp³-hybridized carbons (Fsp3) is 0.556. The van der Waals surface area contributed by atoms with Gasteiger partial charge < -0.3 is 15.0 Å². The minimum Gasteiger partial charge on any atom is -0.379 e. The van der Waals surface area contributed by atoms with Gasteiger partial charge in [0.2, 0.25) is 11.8 Å². The third-order valence-electron chi connectivity index (χ3n) is 4.81. The van der Waals surface area contributed by atoms with E-state index in [1.807, 2.05) is 0 Å². The number of alkyl halides is 3. The SMILES string of the molecule is O=C(NCCN1CCOCC1)C1CC(=O)N(c2cccc(C(F)(F)F)c2)C1. The predicted molar refractivity (Wildman–Crippen MR) is 92.2 cm³/mol. The Morgan fingerprint density at radius 3 is 2.70 bits per heavy atom. The number of benzene rings is 1. The Bertz CT molecular complexity index is 690. The van der Waals surface area contributed by atoms with Crippen LogP contribution in [0.25, 0.3) is 0 Å². The number of nitrogens with zero attached hydrogens (tertiary/aromatic N) is 2. The number of amides is 2. The van der Waals surface area contributed by atoms with E-state index in [-0.39, 0.29) is 30.5 Å². The molecule has 3 rings (SSSR count). The molecule has 1 unspecified atom stereocenters. The minimum absolute atomic E-state index is 0.000364. The van der Waals surface area contributed by atoms with Crippen LogP contribution in [0.3, 0.4) is 0 Å². The van der Waals surface area contributed by atoms with E-state index in [1.54, 1.807) is 0 Å². The number of ether oxygens (including phenoxy) is 1. The van der Waals surface area contributed by atoms with Gasteiger partial charge in [-0.15, -0.1) is 0 Å². The second kappa shape index (κ2) is 8.26. The molecule has 1 aromatic rings. The minimum atomic E-state index is -4.48. The highest BCUT2D eigenvalue weighted by molar-refractivity contribution is 6.00. The third kappa shape index (κ3) is 4.98. The van der Waals surface area contributed by atoms with Crippen molar-refractivity contribution in [3.8, 4) is 0 Å². The molecule has 1 atom stereocenters. The Balaban J connectivity index is 1.54. The van der Waals surface area contributed by atoms with Crippen molar-refractivity contribution in [2.75, 3.05) is 50.8 Å². The molecule has 2 aliphatic rings. The summed E-state index contributed by atoms with van der Waals surface area (Å²) in [5, 5.41) is 2.82. The van der Waals surface area contributed by atoms with Crippen molar-refractivity contribution in [3.63, 3.8) is 0 Å². The van der Waals surface area contributed by atoms with E-state index in [0.29, 0.717) is 26.3 Å². The van der Waals surface area contributed by atoms with Gasteiger partial charge in [-0.05, 0) is 18.2 Å². The maximum Gasteiger partial charge on any atom is 0.416 e. The summed E-state index contributed by atoms with van der Waals surface area (Å²) in [5.74, 6) is -1.15. The summed E-state index contributed by atoms with van der Waals surface area (Å²) < 4.78 is 43.9. The third-order valence-corrected chi connectivity index (χ3v) is 4.81. The highest BCUT2D eigenvalue weighted by Gasteiger charge is 2.36. The van der Waals surface area contributed by atoms with Gasteiger partial charge in [0.15, 0.2) is 0 Å². The Morgan fingerprint density at radius 1 is 1.26 bits per heavy atom. The average Bonchev–Trinajstić information content (AvgIpc) is 3.04. The van der Waals surface area contributed by atoms with Gasteiger partial charge in [-0.3, -0.25) is 14.5 Å². The van der Waals surface area contributed by atoms with Crippen LogP contribution in [0.2, 0.25) is 0 Å². The number of halogens is 3. The standard InChI is InChI=1S/C18H22F3N3O3/c19-18(20,21)14-2-1-3-15(11-14)24-12-13(10-16(24)25)17(26)22-4-5-23-6-8-27-9-7-23/h1-3,11,13H,4-10,12H2,(H,22,26). The topological polar surface area (TPSA) is 61.9 Å². The summed E-state index contributed by atoms with van der Waals surface area (Å²) in [6.45, 7) is 4.25. The molecule has 6 nitrogen and oxygen atoms in total.